The molecule has 4 heteroatoms. The molecule has 0 bridgehead atoms. The summed E-state index contributed by atoms with van der Waals surface area (Å²) >= 11 is 7.94. The number of anilines is 1. The quantitative estimate of drug-likeness (QED) is 0.499. The van der Waals surface area contributed by atoms with Crippen molar-refractivity contribution in [1.29, 1.82) is 0 Å². The fraction of sp³-hybridized carbons (Fsp3) is 0.0833. The maximum Gasteiger partial charge on any atom is 0.248 e. The lowest BCUT2D eigenvalue weighted by atomic mass is 10.3. The van der Waals surface area contributed by atoms with E-state index < -0.39 is 0 Å². The number of benzene rings is 1. The van der Waals surface area contributed by atoms with Gasteiger partial charge in [-0.2, -0.15) is 0 Å². The van der Waals surface area contributed by atoms with Crippen LogP contribution >= 0.6 is 34.2 Å². The molecule has 1 amide bonds. The van der Waals surface area contributed by atoms with Crippen molar-refractivity contribution in [2.45, 2.75) is 6.92 Å². The van der Waals surface area contributed by atoms with Crippen molar-refractivity contribution in [2.24, 2.45) is 0 Å². The molecule has 84 valence electrons. The van der Waals surface area contributed by atoms with Crippen LogP contribution in [0.5, 0.6) is 0 Å². The second-order valence-electron chi connectivity index (χ2n) is 3.00. The normalized spacial score (nSPS) is 11.2. The van der Waals surface area contributed by atoms with Crippen LogP contribution in [-0.2, 0) is 4.79 Å². The van der Waals surface area contributed by atoms with Crippen LogP contribution in [0.1, 0.15) is 6.92 Å². The molecule has 0 atom stereocenters. The largest absolute Gasteiger partial charge is 0.322 e. The summed E-state index contributed by atoms with van der Waals surface area (Å²) in [5.41, 5.74) is 0.764. The molecule has 1 rings (SSSR count). The highest BCUT2D eigenvalue weighted by Crippen LogP contribution is 2.22. The molecule has 1 aromatic rings. The zero-order valence-corrected chi connectivity index (χ0v) is 11.6. The van der Waals surface area contributed by atoms with Gasteiger partial charge in [0.25, 0.3) is 0 Å². The van der Waals surface area contributed by atoms with Crippen LogP contribution in [-0.4, -0.2) is 5.91 Å². The van der Waals surface area contributed by atoms with Gasteiger partial charge < -0.3 is 5.32 Å². The number of hydrogen-bond donors (Lipinski definition) is 1. The van der Waals surface area contributed by atoms with Gasteiger partial charge >= 0.3 is 0 Å². The third-order valence-electron chi connectivity index (χ3n) is 1.74. The topological polar surface area (TPSA) is 29.1 Å². The van der Waals surface area contributed by atoms with Gasteiger partial charge in [0.1, 0.15) is 0 Å². The van der Waals surface area contributed by atoms with Crippen LogP contribution in [0.15, 0.2) is 42.5 Å². The molecule has 0 aliphatic rings. The van der Waals surface area contributed by atoms with E-state index in [0.29, 0.717) is 5.02 Å². The third kappa shape index (κ3) is 4.37. The van der Waals surface area contributed by atoms with E-state index in [1.54, 1.807) is 30.4 Å². The highest BCUT2D eigenvalue weighted by Gasteiger charge is 2.02. The molecule has 0 aliphatic carbocycles. The first-order valence-electron chi connectivity index (χ1n) is 4.69. The second kappa shape index (κ2) is 6.70. The van der Waals surface area contributed by atoms with E-state index in [4.69, 9.17) is 11.6 Å². The molecule has 0 unspecified atom stereocenters. The highest BCUT2D eigenvalue weighted by molar-refractivity contribution is 14.1. The number of carbonyl (C=O) groups is 1. The Kier molecular flexibility index (Phi) is 5.55. The fourth-order valence-corrected chi connectivity index (χ4v) is 2.03. The molecule has 0 radical (unpaired) electrons. The highest BCUT2D eigenvalue weighted by atomic mass is 127. The van der Waals surface area contributed by atoms with Gasteiger partial charge in [0.05, 0.1) is 5.69 Å². The van der Waals surface area contributed by atoms with Crippen molar-refractivity contribution in [2.75, 3.05) is 5.32 Å². The molecule has 0 saturated heterocycles. The summed E-state index contributed by atoms with van der Waals surface area (Å²) in [6.45, 7) is 1.89. The summed E-state index contributed by atoms with van der Waals surface area (Å²) in [6.07, 6.45) is 6.82. The summed E-state index contributed by atoms with van der Waals surface area (Å²) in [5, 5.41) is 3.43. The Morgan fingerprint density at radius 2 is 2.19 bits per heavy atom. The van der Waals surface area contributed by atoms with E-state index in [1.807, 2.05) is 13.0 Å². The molecule has 0 aromatic heterocycles. The van der Waals surface area contributed by atoms with Crippen LogP contribution in [0.3, 0.4) is 0 Å². The van der Waals surface area contributed by atoms with E-state index in [1.165, 1.54) is 6.08 Å². The lowest BCUT2D eigenvalue weighted by molar-refractivity contribution is -0.111. The van der Waals surface area contributed by atoms with Crippen LogP contribution < -0.4 is 5.32 Å². The minimum atomic E-state index is -0.154. The Morgan fingerprint density at radius 3 is 2.81 bits per heavy atom. The standard InChI is InChI=1S/C12H11ClINO/c1-2-3-4-5-12(16)15-11-7-6-9(13)8-10(11)14/h2-8H,1H3,(H,15,16). The maximum absolute atomic E-state index is 11.5. The Hall–Kier alpha value is -0.810. The molecule has 0 spiro atoms. The van der Waals surface area contributed by atoms with Gasteiger partial charge in [-0.05, 0) is 47.7 Å². The van der Waals surface area contributed by atoms with Gasteiger partial charge in [-0.25, -0.2) is 0 Å². The molecule has 0 aliphatic heterocycles. The first-order valence-corrected chi connectivity index (χ1v) is 6.14. The second-order valence-corrected chi connectivity index (χ2v) is 4.60. The van der Waals surface area contributed by atoms with Crippen LogP contribution in [0.4, 0.5) is 5.69 Å². The summed E-state index contributed by atoms with van der Waals surface area (Å²) in [6, 6.07) is 5.33. The van der Waals surface area contributed by atoms with Crippen molar-refractivity contribution < 1.29 is 4.79 Å². The Balaban J connectivity index is 2.70. The number of amides is 1. The maximum atomic E-state index is 11.5. The van der Waals surface area contributed by atoms with Gasteiger partial charge in [0.2, 0.25) is 5.91 Å². The molecule has 1 aromatic carbocycles. The molecule has 1 N–H and O–H groups in total. The number of hydrogen-bond acceptors (Lipinski definition) is 1. The van der Waals surface area contributed by atoms with Gasteiger partial charge in [-0.3, -0.25) is 4.79 Å². The van der Waals surface area contributed by atoms with E-state index in [0.717, 1.165) is 9.26 Å². The SMILES string of the molecule is CC=CC=CC(=O)Nc1ccc(Cl)cc1I. The van der Waals surface area contributed by atoms with Gasteiger partial charge in [0.15, 0.2) is 0 Å². The summed E-state index contributed by atoms with van der Waals surface area (Å²) in [7, 11) is 0. The molecule has 2 nitrogen and oxygen atoms in total. The van der Waals surface area contributed by atoms with Crippen molar-refractivity contribution in [3.63, 3.8) is 0 Å². The molecule has 0 saturated carbocycles. The summed E-state index contributed by atoms with van der Waals surface area (Å²) in [4.78, 5) is 11.5. The summed E-state index contributed by atoms with van der Waals surface area (Å²) in [5.74, 6) is -0.154. The first kappa shape index (κ1) is 13.3. The van der Waals surface area contributed by atoms with Gasteiger partial charge in [0, 0.05) is 14.7 Å². The summed E-state index contributed by atoms with van der Waals surface area (Å²) < 4.78 is 0.915. The fourth-order valence-electron chi connectivity index (χ4n) is 1.02. The van der Waals surface area contributed by atoms with Crippen molar-refractivity contribution in [3.05, 3.63) is 51.1 Å². The van der Waals surface area contributed by atoms with Crippen LogP contribution in [0.2, 0.25) is 5.02 Å². The molecule has 0 fully saturated rings. The number of rotatable bonds is 3. The third-order valence-corrected chi connectivity index (χ3v) is 2.87. The monoisotopic (exact) mass is 347 g/mol. The minimum Gasteiger partial charge on any atom is -0.322 e. The zero-order valence-electron chi connectivity index (χ0n) is 8.71. The van der Waals surface area contributed by atoms with Crippen LogP contribution in [0.25, 0.3) is 0 Å². The van der Waals surface area contributed by atoms with E-state index in [-0.39, 0.29) is 5.91 Å². The predicted octanol–water partition coefficient (Wildman–Crippen LogP) is 4.02. The van der Waals surface area contributed by atoms with E-state index >= 15 is 0 Å². The Morgan fingerprint density at radius 1 is 1.44 bits per heavy atom. The molecule has 16 heavy (non-hydrogen) atoms. The smallest absolute Gasteiger partial charge is 0.248 e. The molecular formula is C12H11ClINO. The average Bonchev–Trinajstić information content (AvgIpc) is 2.23. The first-order chi connectivity index (χ1) is 7.63. The Labute approximate surface area is 114 Å². The molecular weight excluding hydrogens is 336 g/mol. The van der Waals surface area contributed by atoms with Crippen molar-refractivity contribution in [1.82, 2.24) is 0 Å². The lowest BCUT2D eigenvalue weighted by Crippen LogP contribution is -2.08. The predicted molar refractivity (Wildman–Crippen MR) is 76.8 cm³/mol. The van der Waals surface area contributed by atoms with Crippen molar-refractivity contribution >= 4 is 45.8 Å². The lowest BCUT2D eigenvalue weighted by Gasteiger charge is -2.04. The van der Waals surface area contributed by atoms with Crippen molar-refractivity contribution in [3.8, 4) is 0 Å². The van der Waals surface area contributed by atoms with Gasteiger partial charge in [-0.1, -0.05) is 29.8 Å². The average molecular weight is 348 g/mol. The zero-order chi connectivity index (χ0) is 12.0. The number of halogens is 2. The number of nitrogens with one attached hydrogen (secondary N) is 1. The van der Waals surface area contributed by atoms with Crippen LogP contribution in [0, 0.1) is 3.57 Å². The Bertz CT molecular complexity index is 441. The minimum absolute atomic E-state index is 0.154. The van der Waals surface area contributed by atoms with E-state index in [2.05, 4.69) is 27.9 Å². The molecule has 0 heterocycles. The number of allylic oxidation sites excluding steroid dienone is 3. The number of carbonyl (C=O) groups excluding carboxylic acids is 1. The van der Waals surface area contributed by atoms with E-state index in [9.17, 15) is 4.79 Å². The van der Waals surface area contributed by atoms with Gasteiger partial charge in [-0.15, -0.1) is 0 Å².